The summed E-state index contributed by atoms with van der Waals surface area (Å²) in [6.45, 7) is 4.09. The molecule has 2 aromatic heterocycles. The average Bonchev–Trinajstić information content (AvgIpc) is 3.28. The Labute approximate surface area is 167 Å². The number of hydrogen-bond donors (Lipinski definition) is 2. The number of nitrogen functional groups attached to an aromatic ring is 1. The average molecular weight is 396 g/mol. The fourth-order valence-corrected chi connectivity index (χ4v) is 3.28. The van der Waals surface area contributed by atoms with Gasteiger partial charge in [0.2, 0.25) is 5.95 Å². The lowest BCUT2D eigenvalue weighted by Crippen LogP contribution is -2.17. The molecule has 1 aromatic carbocycles. The van der Waals surface area contributed by atoms with Gasteiger partial charge < -0.3 is 20.3 Å². The van der Waals surface area contributed by atoms with Gasteiger partial charge in [-0.2, -0.15) is 4.98 Å². The van der Waals surface area contributed by atoms with Crippen LogP contribution >= 0.6 is 11.6 Å². The number of rotatable bonds is 2. The number of fused-ring (bicyclic) bond motifs is 1. The molecule has 1 atom stereocenters. The van der Waals surface area contributed by atoms with E-state index in [1.54, 1.807) is 19.9 Å². The summed E-state index contributed by atoms with van der Waals surface area (Å²) >= 11 is 6.27. The fourth-order valence-electron chi connectivity index (χ4n) is 3.09. The topological polar surface area (TPSA) is 101 Å². The first-order chi connectivity index (χ1) is 13.3. The second kappa shape index (κ2) is 6.82. The Morgan fingerprint density at radius 1 is 1.36 bits per heavy atom. The number of nitrogens with two attached hydrogens (primary N) is 1. The minimum Gasteiger partial charge on any atom is -0.371 e. The van der Waals surface area contributed by atoms with Crippen LogP contribution in [0.5, 0.6) is 0 Å². The van der Waals surface area contributed by atoms with Crippen LogP contribution in [0.15, 0.2) is 35.0 Å². The molecule has 1 aliphatic rings. The quantitative estimate of drug-likeness (QED) is 0.643. The van der Waals surface area contributed by atoms with E-state index in [4.69, 9.17) is 21.9 Å². The highest BCUT2D eigenvalue weighted by Gasteiger charge is 2.26. The van der Waals surface area contributed by atoms with E-state index >= 15 is 0 Å². The number of aryl methyl sites for hydroxylation is 1. The molecule has 0 unspecified atom stereocenters. The van der Waals surface area contributed by atoms with Crippen LogP contribution in [0.1, 0.15) is 29.5 Å². The third-order valence-electron chi connectivity index (χ3n) is 4.54. The first kappa shape index (κ1) is 18.3. The summed E-state index contributed by atoms with van der Waals surface area (Å²) in [6.07, 6.45) is 2.36. The Morgan fingerprint density at radius 2 is 2.18 bits per heavy atom. The molecule has 0 bridgehead atoms. The van der Waals surface area contributed by atoms with Crippen molar-refractivity contribution in [3.05, 3.63) is 58.1 Å². The summed E-state index contributed by atoms with van der Waals surface area (Å²) in [5, 5.41) is 14.8. The van der Waals surface area contributed by atoms with E-state index in [2.05, 4.69) is 27.0 Å². The fraction of sp³-hybridized carbons (Fsp3) is 0.250. The highest BCUT2D eigenvalue weighted by Crippen LogP contribution is 2.37. The molecule has 8 heteroatoms. The molecule has 0 saturated heterocycles. The van der Waals surface area contributed by atoms with Crippen LogP contribution in [0.25, 0.3) is 0 Å². The van der Waals surface area contributed by atoms with Gasteiger partial charge >= 0.3 is 0 Å². The predicted molar refractivity (Wildman–Crippen MR) is 106 cm³/mol. The molecule has 0 saturated carbocycles. The zero-order valence-electron chi connectivity index (χ0n) is 15.4. The van der Waals surface area contributed by atoms with Gasteiger partial charge in [0.15, 0.2) is 17.2 Å². The van der Waals surface area contributed by atoms with Crippen LogP contribution in [0.3, 0.4) is 0 Å². The number of halogens is 1. The lowest BCUT2D eigenvalue weighted by atomic mass is 10.0. The first-order valence-corrected chi connectivity index (χ1v) is 9.09. The Morgan fingerprint density at radius 3 is 2.93 bits per heavy atom. The maximum Gasteiger partial charge on any atom is 0.222 e. The molecule has 7 nitrogen and oxygen atoms in total. The van der Waals surface area contributed by atoms with Gasteiger partial charge in [-0.25, -0.2) is 4.98 Å². The SMILES string of the molecule is Cc1cc([C@](C)(O)C#Cc2ccc3c(c2)N(c2nc(N)ncc2Cl)CC3)on1. The van der Waals surface area contributed by atoms with E-state index in [0.717, 1.165) is 29.8 Å². The minimum atomic E-state index is -1.44. The Kier molecular flexibility index (Phi) is 4.46. The van der Waals surface area contributed by atoms with Gasteiger partial charge in [-0.15, -0.1) is 0 Å². The van der Waals surface area contributed by atoms with Crippen molar-refractivity contribution in [2.45, 2.75) is 25.9 Å². The van der Waals surface area contributed by atoms with Crippen molar-refractivity contribution in [3.63, 3.8) is 0 Å². The third kappa shape index (κ3) is 3.40. The summed E-state index contributed by atoms with van der Waals surface area (Å²) in [4.78, 5) is 10.2. The van der Waals surface area contributed by atoms with Crippen LogP contribution in [0.2, 0.25) is 5.02 Å². The Hall–Kier alpha value is -3.08. The Bertz CT molecular complexity index is 1110. The van der Waals surface area contributed by atoms with Crippen LogP contribution in [0.4, 0.5) is 17.5 Å². The molecule has 0 fully saturated rings. The number of anilines is 3. The van der Waals surface area contributed by atoms with Crippen LogP contribution in [0, 0.1) is 18.8 Å². The minimum absolute atomic E-state index is 0.169. The first-order valence-electron chi connectivity index (χ1n) is 8.71. The summed E-state index contributed by atoms with van der Waals surface area (Å²) < 4.78 is 5.14. The van der Waals surface area contributed by atoms with Gasteiger partial charge in [-0.05, 0) is 38.0 Å². The second-order valence-corrected chi connectivity index (χ2v) is 7.21. The molecule has 3 heterocycles. The van der Waals surface area contributed by atoms with Crippen molar-refractivity contribution in [1.82, 2.24) is 15.1 Å². The largest absolute Gasteiger partial charge is 0.371 e. The van der Waals surface area contributed by atoms with Gasteiger partial charge in [-0.3, -0.25) is 0 Å². The maximum atomic E-state index is 10.6. The third-order valence-corrected chi connectivity index (χ3v) is 4.81. The van der Waals surface area contributed by atoms with E-state index in [1.807, 2.05) is 23.1 Å². The molecule has 0 amide bonds. The molecule has 28 heavy (non-hydrogen) atoms. The molecular weight excluding hydrogens is 378 g/mol. The summed E-state index contributed by atoms with van der Waals surface area (Å²) in [5.74, 6) is 6.92. The molecule has 3 aromatic rings. The van der Waals surface area contributed by atoms with Crippen LogP contribution in [-0.2, 0) is 12.0 Å². The smallest absolute Gasteiger partial charge is 0.222 e. The van der Waals surface area contributed by atoms with Gasteiger partial charge in [0.25, 0.3) is 0 Å². The standard InChI is InChI=1S/C20H18ClN5O2/c1-12-9-17(28-25-12)20(2,27)7-5-13-3-4-14-6-8-26(16(14)10-13)18-15(21)11-23-19(22)24-18/h3-4,9-11,27H,6,8H2,1-2H3,(H2,22,23,24)/t20-/m1/s1. The Balaban J connectivity index is 1.67. The zero-order valence-corrected chi connectivity index (χ0v) is 16.2. The zero-order chi connectivity index (χ0) is 19.9. The molecule has 0 radical (unpaired) electrons. The van der Waals surface area contributed by atoms with Gasteiger partial charge in [0.05, 0.1) is 11.9 Å². The highest BCUT2D eigenvalue weighted by molar-refractivity contribution is 6.33. The molecule has 0 spiro atoms. The van der Waals surface area contributed by atoms with E-state index in [0.29, 0.717) is 22.3 Å². The molecule has 3 N–H and O–H groups in total. The summed E-state index contributed by atoms with van der Waals surface area (Å²) in [6, 6.07) is 7.56. The van der Waals surface area contributed by atoms with Gasteiger partial charge in [0, 0.05) is 23.9 Å². The highest BCUT2D eigenvalue weighted by atomic mass is 35.5. The van der Waals surface area contributed by atoms with Crippen molar-refractivity contribution in [3.8, 4) is 11.8 Å². The summed E-state index contributed by atoms with van der Waals surface area (Å²) in [7, 11) is 0. The molecule has 142 valence electrons. The summed E-state index contributed by atoms with van der Waals surface area (Å²) in [5.41, 5.74) is 7.85. The van der Waals surface area contributed by atoms with E-state index < -0.39 is 5.60 Å². The maximum absolute atomic E-state index is 10.6. The van der Waals surface area contributed by atoms with Crippen molar-refractivity contribution < 1.29 is 9.63 Å². The predicted octanol–water partition coefficient (Wildman–Crippen LogP) is 2.96. The van der Waals surface area contributed by atoms with Gasteiger partial charge in [-0.1, -0.05) is 34.7 Å². The van der Waals surface area contributed by atoms with Crippen LogP contribution < -0.4 is 10.6 Å². The van der Waals surface area contributed by atoms with Crippen molar-refractivity contribution >= 4 is 29.1 Å². The normalized spacial score (nSPS) is 14.9. The number of aromatic nitrogens is 3. The van der Waals surface area contributed by atoms with E-state index in [9.17, 15) is 5.11 Å². The lowest BCUT2D eigenvalue weighted by Gasteiger charge is -2.19. The van der Waals surface area contributed by atoms with Crippen molar-refractivity contribution in [2.24, 2.45) is 0 Å². The number of benzene rings is 1. The van der Waals surface area contributed by atoms with Crippen molar-refractivity contribution in [1.29, 1.82) is 0 Å². The van der Waals surface area contributed by atoms with Crippen LogP contribution in [-0.4, -0.2) is 26.8 Å². The lowest BCUT2D eigenvalue weighted by molar-refractivity contribution is 0.0872. The molecule has 1 aliphatic heterocycles. The van der Waals surface area contributed by atoms with Gasteiger partial charge in [0.1, 0.15) is 5.02 Å². The number of aliphatic hydroxyl groups is 1. The van der Waals surface area contributed by atoms with Crippen molar-refractivity contribution in [2.75, 3.05) is 17.2 Å². The molecule has 4 rings (SSSR count). The molecule has 0 aliphatic carbocycles. The van der Waals surface area contributed by atoms with E-state index in [1.165, 1.54) is 6.20 Å². The molecular formula is C20H18ClN5O2. The number of nitrogens with zero attached hydrogens (tertiary/aromatic N) is 4. The monoisotopic (exact) mass is 395 g/mol. The number of hydrogen-bond acceptors (Lipinski definition) is 7. The van der Waals surface area contributed by atoms with E-state index in [-0.39, 0.29) is 5.95 Å². The second-order valence-electron chi connectivity index (χ2n) is 6.80.